The van der Waals surface area contributed by atoms with Gasteiger partial charge >= 0.3 is 0 Å². The highest BCUT2D eigenvalue weighted by molar-refractivity contribution is 6.08. The third-order valence-electron chi connectivity index (χ3n) is 4.39. The SMILES string of the molecule is Cc1ccc(F)c(NC(=O)c2cnc(-c3ccccc3)nc2-c2ccncc2)c1. The Morgan fingerprint density at radius 2 is 1.72 bits per heavy atom. The van der Waals surface area contributed by atoms with E-state index >= 15 is 0 Å². The molecule has 2 heterocycles. The fraction of sp³-hybridized carbons (Fsp3) is 0.0435. The fourth-order valence-corrected chi connectivity index (χ4v) is 2.93. The summed E-state index contributed by atoms with van der Waals surface area (Å²) in [5, 5.41) is 2.63. The van der Waals surface area contributed by atoms with Gasteiger partial charge in [0.25, 0.3) is 5.91 Å². The largest absolute Gasteiger partial charge is 0.319 e. The van der Waals surface area contributed by atoms with Gasteiger partial charge in [0.05, 0.1) is 16.9 Å². The van der Waals surface area contributed by atoms with Crippen LogP contribution >= 0.6 is 0 Å². The predicted molar refractivity (Wildman–Crippen MR) is 110 cm³/mol. The van der Waals surface area contributed by atoms with Gasteiger partial charge in [0, 0.05) is 29.7 Å². The van der Waals surface area contributed by atoms with E-state index in [2.05, 4.69) is 20.3 Å². The number of hydrogen-bond acceptors (Lipinski definition) is 4. The maximum atomic E-state index is 14.1. The van der Waals surface area contributed by atoms with Crippen LogP contribution < -0.4 is 5.32 Å². The molecule has 6 heteroatoms. The van der Waals surface area contributed by atoms with Gasteiger partial charge in [0.15, 0.2) is 5.82 Å². The summed E-state index contributed by atoms with van der Waals surface area (Å²) in [5.41, 5.74) is 3.20. The molecule has 0 aliphatic heterocycles. The van der Waals surface area contributed by atoms with Crippen LogP contribution in [-0.4, -0.2) is 20.9 Å². The summed E-state index contributed by atoms with van der Waals surface area (Å²) in [5.74, 6) is -0.493. The van der Waals surface area contributed by atoms with Gasteiger partial charge in [-0.2, -0.15) is 0 Å². The van der Waals surface area contributed by atoms with Crippen LogP contribution in [0.5, 0.6) is 0 Å². The van der Waals surface area contributed by atoms with Crippen molar-refractivity contribution in [2.45, 2.75) is 6.92 Å². The molecule has 0 radical (unpaired) electrons. The lowest BCUT2D eigenvalue weighted by Gasteiger charge is -2.12. The summed E-state index contributed by atoms with van der Waals surface area (Å²) >= 11 is 0. The smallest absolute Gasteiger partial charge is 0.259 e. The van der Waals surface area contributed by atoms with Crippen LogP contribution in [0, 0.1) is 12.7 Å². The van der Waals surface area contributed by atoms with Crippen molar-refractivity contribution in [1.29, 1.82) is 0 Å². The Balaban J connectivity index is 1.78. The molecule has 4 aromatic rings. The molecule has 1 amide bonds. The minimum absolute atomic E-state index is 0.114. The molecule has 0 atom stereocenters. The maximum Gasteiger partial charge on any atom is 0.259 e. The number of nitrogens with one attached hydrogen (secondary N) is 1. The number of carbonyl (C=O) groups excluding carboxylic acids is 1. The molecule has 2 aromatic carbocycles. The van der Waals surface area contributed by atoms with Gasteiger partial charge in [0.1, 0.15) is 5.82 Å². The van der Waals surface area contributed by atoms with Crippen molar-refractivity contribution < 1.29 is 9.18 Å². The zero-order chi connectivity index (χ0) is 20.2. The number of benzene rings is 2. The average Bonchev–Trinajstić information content (AvgIpc) is 2.77. The predicted octanol–water partition coefficient (Wildman–Crippen LogP) is 4.91. The molecule has 0 aliphatic carbocycles. The van der Waals surface area contributed by atoms with Crippen molar-refractivity contribution in [2.24, 2.45) is 0 Å². The van der Waals surface area contributed by atoms with Crippen LogP contribution in [-0.2, 0) is 0 Å². The number of amides is 1. The molecule has 0 spiro atoms. The van der Waals surface area contributed by atoms with E-state index < -0.39 is 11.7 Å². The molecular weight excluding hydrogens is 367 g/mol. The van der Waals surface area contributed by atoms with E-state index in [1.807, 2.05) is 37.3 Å². The minimum atomic E-state index is -0.503. The number of halogens is 1. The molecule has 2 aromatic heterocycles. The van der Waals surface area contributed by atoms with Crippen LogP contribution in [0.2, 0.25) is 0 Å². The molecule has 5 nitrogen and oxygen atoms in total. The van der Waals surface area contributed by atoms with Gasteiger partial charge in [-0.05, 0) is 36.8 Å². The van der Waals surface area contributed by atoms with Gasteiger partial charge in [-0.1, -0.05) is 36.4 Å². The number of pyridine rings is 1. The van der Waals surface area contributed by atoms with Gasteiger partial charge in [-0.25, -0.2) is 14.4 Å². The Morgan fingerprint density at radius 1 is 0.966 bits per heavy atom. The molecule has 0 unspecified atom stereocenters. The summed E-state index contributed by atoms with van der Waals surface area (Å²) in [4.78, 5) is 25.9. The number of carbonyl (C=O) groups is 1. The Bertz CT molecular complexity index is 1160. The lowest BCUT2D eigenvalue weighted by Crippen LogP contribution is -2.16. The van der Waals surface area contributed by atoms with Crippen LogP contribution in [0.4, 0.5) is 10.1 Å². The maximum absolute atomic E-state index is 14.1. The number of hydrogen-bond donors (Lipinski definition) is 1. The lowest BCUT2D eigenvalue weighted by atomic mass is 10.1. The third-order valence-corrected chi connectivity index (χ3v) is 4.39. The summed E-state index contributed by atoms with van der Waals surface area (Å²) in [6, 6.07) is 17.6. The second-order valence-corrected chi connectivity index (χ2v) is 6.50. The number of aryl methyl sites for hydroxylation is 1. The first-order valence-electron chi connectivity index (χ1n) is 9.02. The van der Waals surface area contributed by atoms with Crippen LogP contribution in [0.25, 0.3) is 22.6 Å². The fourth-order valence-electron chi connectivity index (χ4n) is 2.93. The van der Waals surface area contributed by atoms with Crippen molar-refractivity contribution in [1.82, 2.24) is 15.0 Å². The number of rotatable bonds is 4. The third kappa shape index (κ3) is 4.01. The molecule has 0 bridgehead atoms. The lowest BCUT2D eigenvalue weighted by molar-refractivity contribution is 0.102. The summed E-state index contributed by atoms with van der Waals surface area (Å²) in [6.07, 6.45) is 4.72. The zero-order valence-corrected chi connectivity index (χ0v) is 15.6. The first-order valence-corrected chi connectivity index (χ1v) is 9.02. The molecule has 29 heavy (non-hydrogen) atoms. The van der Waals surface area contributed by atoms with E-state index in [0.29, 0.717) is 11.5 Å². The van der Waals surface area contributed by atoms with Gasteiger partial charge in [-0.3, -0.25) is 9.78 Å². The van der Waals surface area contributed by atoms with Crippen molar-refractivity contribution in [3.63, 3.8) is 0 Å². The van der Waals surface area contributed by atoms with E-state index in [9.17, 15) is 9.18 Å². The average molecular weight is 384 g/mol. The van der Waals surface area contributed by atoms with E-state index in [-0.39, 0.29) is 11.3 Å². The Hall–Kier alpha value is -3.93. The Labute approximate surface area is 167 Å². The van der Waals surface area contributed by atoms with Crippen LogP contribution in [0.3, 0.4) is 0 Å². The standard InChI is InChI=1S/C23H17FN4O/c1-15-7-8-19(24)20(13-15)27-23(29)18-14-26-22(17-5-3-2-4-6-17)28-21(18)16-9-11-25-12-10-16/h2-14H,1H3,(H,27,29). The summed E-state index contributed by atoms with van der Waals surface area (Å²) < 4.78 is 14.1. The normalized spacial score (nSPS) is 10.6. The minimum Gasteiger partial charge on any atom is -0.319 e. The Kier molecular flexibility index (Phi) is 5.07. The van der Waals surface area contributed by atoms with Gasteiger partial charge in [-0.15, -0.1) is 0 Å². The number of anilines is 1. The number of nitrogens with zero attached hydrogens (tertiary/aromatic N) is 3. The highest BCUT2D eigenvalue weighted by Crippen LogP contribution is 2.25. The van der Waals surface area contributed by atoms with Crippen LogP contribution in [0.1, 0.15) is 15.9 Å². The number of aromatic nitrogens is 3. The topological polar surface area (TPSA) is 67.8 Å². The highest BCUT2D eigenvalue weighted by atomic mass is 19.1. The van der Waals surface area contributed by atoms with Gasteiger partial charge < -0.3 is 5.32 Å². The van der Waals surface area contributed by atoms with Crippen molar-refractivity contribution in [3.05, 3.63) is 96.2 Å². The van der Waals surface area contributed by atoms with E-state index in [1.165, 1.54) is 12.3 Å². The quantitative estimate of drug-likeness (QED) is 0.543. The molecule has 0 saturated heterocycles. The van der Waals surface area contributed by atoms with Crippen molar-refractivity contribution in [2.75, 3.05) is 5.32 Å². The van der Waals surface area contributed by atoms with Crippen LogP contribution in [0.15, 0.2) is 79.3 Å². The molecular formula is C23H17FN4O. The molecule has 142 valence electrons. The highest BCUT2D eigenvalue weighted by Gasteiger charge is 2.18. The molecule has 1 N–H and O–H groups in total. The Morgan fingerprint density at radius 3 is 2.48 bits per heavy atom. The second kappa shape index (κ2) is 7.98. The summed E-state index contributed by atoms with van der Waals surface area (Å²) in [6.45, 7) is 1.83. The summed E-state index contributed by atoms with van der Waals surface area (Å²) in [7, 11) is 0. The van der Waals surface area contributed by atoms with Gasteiger partial charge in [0.2, 0.25) is 0 Å². The van der Waals surface area contributed by atoms with E-state index in [1.54, 1.807) is 36.7 Å². The monoisotopic (exact) mass is 384 g/mol. The molecule has 0 saturated carbocycles. The zero-order valence-electron chi connectivity index (χ0n) is 15.6. The van der Waals surface area contributed by atoms with E-state index in [4.69, 9.17) is 0 Å². The van der Waals surface area contributed by atoms with E-state index in [0.717, 1.165) is 16.7 Å². The molecule has 0 fully saturated rings. The van der Waals surface area contributed by atoms with Crippen molar-refractivity contribution >= 4 is 11.6 Å². The molecule has 4 rings (SSSR count). The first kappa shape index (κ1) is 18.4. The van der Waals surface area contributed by atoms with Crippen molar-refractivity contribution in [3.8, 4) is 22.6 Å². The first-order chi connectivity index (χ1) is 14.1. The second-order valence-electron chi connectivity index (χ2n) is 6.50. The molecule has 0 aliphatic rings.